The molecular formula is C13H7Br2Cl2F5N4S. The van der Waals surface area contributed by atoms with Crippen molar-refractivity contribution in [2.45, 2.75) is 20.5 Å². The Morgan fingerprint density at radius 1 is 1.22 bits per heavy atom. The maximum absolute atomic E-state index is 13.1. The Bertz CT molecular complexity index is 1030. The molecule has 0 spiro atoms. The van der Waals surface area contributed by atoms with Gasteiger partial charge in [-0.2, -0.15) is 10.4 Å². The van der Waals surface area contributed by atoms with Crippen LogP contribution in [0.3, 0.4) is 0 Å². The molecule has 1 aromatic carbocycles. The van der Waals surface area contributed by atoms with Crippen LogP contribution in [-0.2, 0) is 0 Å². The van der Waals surface area contributed by atoms with Crippen molar-refractivity contribution >= 4 is 71.1 Å². The zero-order valence-electron chi connectivity index (χ0n) is 12.7. The van der Waals surface area contributed by atoms with E-state index in [0.717, 1.165) is 4.68 Å². The van der Waals surface area contributed by atoms with Gasteiger partial charge in [-0.1, -0.05) is 74.5 Å². The van der Waals surface area contributed by atoms with Gasteiger partial charge in [-0.15, -0.1) is 0 Å². The molecule has 1 unspecified atom stereocenters. The van der Waals surface area contributed by atoms with Crippen molar-refractivity contribution in [2.24, 2.45) is 0 Å². The molecule has 1 fully saturated rings. The molecule has 0 radical (unpaired) electrons. The van der Waals surface area contributed by atoms with Gasteiger partial charge in [0.05, 0.1) is 19.0 Å². The number of halogens is 9. The van der Waals surface area contributed by atoms with Gasteiger partial charge in [-0.05, 0) is 18.6 Å². The monoisotopic (exact) mass is 574 g/mol. The first-order valence-corrected chi connectivity index (χ1v) is 11.2. The highest BCUT2D eigenvalue weighted by molar-refractivity contribution is 9.25. The fourth-order valence-electron chi connectivity index (χ4n) is 2.56. The van der Waals surface area contributed by atoms with E-state index in [2.05, 4.69) is 37.0 Å². The van der Waals surface area contributed by atoms with Crippen LogP contribution in [0.25, 0.3) is 5.69 Å². The lowest BCUT2D eigenvalue weighted by Crippen LogP contribution is -2.09. The number of hydrogen-bond donors (Lipinski definition) is 1. The summed E-state index contributed by atoms with van der Waals surface area (Å²) in [6.07, 6.45) is 0.579. The number of nitrogens with two attached hydrogens (primary N) is 1. The van der Waals surface area contributed by atoms with Crippen molar-refractivity contribution in [3.63, 3.8) is 0 Å². The van der Waals surface area contributed by atoms with Crippen LogP contribution in [0.15, 0.2) is 17.0 Å². The Labute approximate surface area is 176 Å². The van der Waals surface area contributed by atoms with Crippen LogP contribution in [0.1, 0.15) is 23.6 Å². The highest BCUT2D eigenvalue weighted by atomic mass is 79.9. The van der Waals surface area contributed by atoms with E-state index in [1.54, 1.807) is 0 Å². The van der Waals surface area contributed by atoms with Gasteiger partial charge in [0.2, 0.25) is 0 Å². The molecule has 0 amide bonds. The van der Waals surface area contributed by atoms with Crippen LogP contribution < -0.4 is 5.73 Å². The summed E-state index contributed by atoms with van der Waals surface area (Å²) in [6, 6.07) is 2.64. The summed E-state index contributed by atoms with van der Waals surface area (Å²) in [4.78, 5) is -2.31. The standard InChI is InChI=1S/C13H7Br2Cl2F5N4S/c14-13(15)3-5(13)9-6(4-23)25-26(12(9)24)7-1-2-8(11(17)10(7)16)27(18,19,20,21)22/h1-2,5H,3,24H2. The lowest BCUT2D eigenvalue weighted by molar-refractivity contribution is 0.364. The molecule has 148 valence electrons. The fraction of sp³-hybridized carbons (Fsp3) is 0.231. The minimum absolute atomic E-state index is 0.0598. The van der Waals surface area contributed by atoms with E-state index >= 15 is 0 Å². The Balaban J connectivity index is 2.21. The molecule has 0 aliphatic heterocycles. The van der Waals surface area contributed by atoms with Gasteiger partial charge in [0.1, 0.15) is 16.8 Å². The second-order valence-corrected chi connectivity index (χ2v) is 12.9. The van der Waals surface area contributed by atoms with E-state index in [9.17, 15) is 24.7 Å². The quantitative estimate of drug-likeness (QED) is 0.309. The summed E-state index contributed by atoms with van der Waals surface area (Å²) in [5, 5.41) is 11.0. The van der Waals surface area contributed by atoms with Crippen LogP contribution in [0, 0.1) is 11.3 Å². The van der Waals surface area contributed by atoms with Crippen molar-refractivity contribution in [3.05, 3.63) is 33.4 Å². The number of anilines is 1. The molecule has 27 heavy (non-hydrogen) atoms. The van der Waals surface area contributed by atoms with Gasteiger partial charge in [0, 0.05) is 11.5 Å². The molecule has 2 N–H and O–H groups in total. The zero-order valence-corrected chi connectivity index (χ0v) is 18.2. The number of nitrogen functional groups attached to an aromatic ring is 1. The third-order valence-corrected chi connectivity index (χ3v) is 7.82. The zero-order chi connectivity index (χ0) is 20.6. The number of rotatable bonds is 3. The predicted molar refractivity (Wildman–Crippen MR) is 102 cm³/mol. The molecule has 2 aromatic rings. The van der Waals surface area contributed by atoms with Crippen molar-refractivity contribution in [1.82, 2.24) is 9.78 Å². The van der Waals surface area contributed by atoms with E-state index in [-0.39, 0.29) is 29.2 Å². The highest BCUT2D eigenvalue weighted by Gasteiger charge is 2.67. The van der Waals surface area contributed by atoms with Crippen LogP contribution in [0.5, 0.6) is 0 Å². The lowest BCUT2D eigenvalue weighted by Gasteiger charge is -2.41. The van der Waals surface area contributed by atoms with Crippen LogP contribution >= 0.6 is 65.3 Å². The number of nitriles is 1. The van der Waals surface area contributed by atoms with Gasteiger partial charge >= 0.3 is 10.2 Å². The summed E-state index contributed by atoms with van der Waals surface area (Å²) in [6.45, 7) is 0. The third kappa shape index (κ3) is 3.64. The van der Waals surface area contributed by atoms with Crippen molar-refractivity contribution in [2.75, 3.05) is 5.73 Å². The minimum Gasteiger partial charge on any atom is -0.383 e. The fourth-order valence-corrected chi connectivity index (χ4v) is 5.33. The number of alkyl halides is 2. The minimum atomic E-state index is -10.0. The van der Waals surface area contributed by atoms with Crippen molar-refractivity contribution in [3.8, 4) is 11.8 Å². The van der Waals surface area contributed by atoms with E-state index in [4.69, 9.17) is 28.9 Å². The predicted octanol–water partition coefficient (Wildman–Crippen LogP) is 7.26. The molecule has 1 heterocycles. The van der Waals surface area contributed by atoms with E-state index in [0.29, 0.717) is 18.1 Å². The van der Waals surface area contributed by atoms with Crippen LogP contribution in [0.2, 0.25) is 10.0 Å². The van der Waals surface area contributed by atoms with E-state index in [1.807, 2.05) is 6.07 Å². The largest absolute Gasteiger partial charge is 0.383 e. The average Bonchev–Trinajstić information content (AvgIpc) is 2.97. The first-order chi connectivity index (χ1) is 12.0. The maximum Gasteiger partial charge on any atom is 0.311 e. The molecule has 0 saturated heterocycles. The summed E-state index contributed by atoms with van der Waals surface area (Å²) in [5.41, 5.74) is 6.04. The number of hydrogen-bond acceptors (Lipinski definition) is 3. The summed E-state index contributed by atoms with van der Waals surface area (Å²) >= 11 is 18.1. The first-order valence-electron chi connectivity index (χ1n) is 6.86. The third-order valence-electron chi connectivity index (χ3n) is 3.91. The van der Waals surface area contributed by atoms with E-state index in [1.165, 1.54) is 0 Å². The molecule has 14 heteroatoms. The molecule has 3 rings (SSSR count). The smallest absolute Gasteiger partial charge is 0.311 e. The molecule has 1 aromatic heterocycles. The van der Waals surface area contributed by atoms with Crippen LogP contribution in [0.4, 0.5) is 25.2 Å². The molecule has 1 atom stereocenters. The lowest BCUT2D eigenvalue weighted by atomic mass is 10.1. The normalized spacial score (nSPS) is 21.3. The topological polar surface area (TPSA) is 67.6 Å². The summed E-state index contributed by atoms with van der Waals surface area (Å²) < 4.78 is 65.8. The Kier molecular flexibility index (Phi) is 4.23. The maximum atomic E-state index is 13.1. The second-order valence-electron chi connectivity index (χ2n) is 5.87. The summed E-state index contributed by atoms with van der Waals surface area (Å²) in [7, 11) is -10.0. The van der Waals surface area contributed by atoms with Gasteiger partial charge in [-0.3, -0.25) is 0 Å². The summed E-state index contributed by atoms with van der Waals surface area (Å²) in [5.74, 6) is -0.283. The SMILES string of the molecule is N#Cc1nn(-c2ccc(S(F)(F)(F)(F)F)c(Cl)c2Cl)c(N)c1C1CC1(Br)Br. The van der Waals surface area contributed by atoms with Gasteiger partial charge in [0.15, 0.2) is 5.69 Å². The molecule has 4 nitrogen and oxygen atoms in total. The molecular weight excluding hydrogens is 570 g/mol. The average molecular weight is 577 g/mol. The van der Waals surface area contributed by atoms with Gasteiger partial charge < -0.3 is 5.73 Å². The molecule has 1 aliphatic carbocycles. The highest BCUT2D eigenvalue weighted by Crippen LogP contribution is 3.02. The number of benzene rings is 1. The molecule has 1 aliphatic rings. The van der Waals surface area contributed by atoms with Gasteiger partial charge in [0.25, 0.3) is 0 Å². The number of nitrogens with zero attached hydrogens (tertiary/aromatic N) is 3. The van der Waals surface area contributed by atoms with Crippen LogP contribution in [-0.4, -0.2) is 13.0 Å². The number of aromatic nitrogens is 2. The Hall–Kier alpha value is -0.740. The Morgan fingerprint density at radius 2 is 1.78 bits per heavy atom. The second kappa shape index (κ2) is 5.44. The van der Waals surface area contributed by atoms with Gasteiger partial charge in [-0.25, -0.2) is 4.68 Å². The Morgan fingerprint density at radius 3 is 2.22 bits per heavy atom. The van der Waals surface area contributed by atoms with Crippen molar-refractivity contribution in [1.29, 1.82) is 5.26 Å². The first kappa shape index (κ1) is 21.0. The molecule has 0 bridgehead atoms. The molecule has 1 saturated carbocycles. The van der Waals surface area contributed by atoms with Crippen molar-refractivity contribution < 1.29 is 19.4 Å². The van der Waals surface area contributed by atoms with E-state index < -0.39 is 28.4 Å².